The summed E-state index contributed by atoms with van der Waals surface area (Å²) in [6.45, 7) is 0.360. The molecule has 2 aliphatic rings. The Balaban J connectivity index is 1.46. The van der Waals surface area contributed by atoms with Crippen LogP contribution in [-0.2, 0) is 11.3 Å². The van der Waals surface area contributed by atoms with Crippen molar-refractivity contribution in [3.63, 3.8) is 0 Å². The third-order valence-corrected chi connectivity index (χ3v) is 4.52. The lowest BCUT2D eigenvalue weighted by Gasteiger charge is -2.18. The molecule has 0 saturated heterocycles. The summed E-state index contributed by atoms with van der Waals surface area (Å²) in [5.41, 5.74) is 0.816. The molecule has 6 heteroatoms. The van der Waals surface area contributed by atoms with Gasteiger partial charge in [-0.05, 0) is 61.9 Å². The molecule has 24 heavy (non-hydrogen) atoms. The maximum atomic E-state index is 12.4. The molecule has 1 heterocycles. The largest absolute Gasteiger partial charge is 0.419 e. The van der Waals surface area contributed by atoms with E-state index in [-0.39, 0.29) is 5.91 Å². The van der Waals surface area contributed by atoms with Gasteiger partial charge in [-0.1, -0.05) is 17.7 Å². The zero-order valence-corrected chi connectivity index (χ0v) is 13.9. The summed E-state index contributed by atoms with van der Waals surface area (Å²) in [4.78, 5) is 14.2. The van der Waals surface area contributed by atoms with E-state index in [0.717, 1.165) is 18.4 Å². The number of benzene rings is 1. The molecule has 0 bridgehead atoms. The zero-order chi connectivity index (χ0) is 16.5. The van der Waals surface area contributed by atoms with Crippen LogP contribution >= 0.6 is 11.6 Å². The van der Waals surface area contributed by atoms with Crippen molar-refractivity contribution in [1.29, 1.82) is 0 Å². The normalized spacial score (nSPS) is 17.4. The van der Waals surface area contributed by atoms with Gasteiger partial charge >= 0.3 is 0 Å². The molecule has 0 N–H and O–H groups in total. The van der Waals surface area contributed by atoms with Crippen LogP contribution in [0.1, 0.15) is 31.6 Å². The fourth-order valence-electron chi connectivity index (χ4n) is 2.55. The number of allylic oxidation sites excluding steroid dienone is 1. The Bertz CT molecular complexity index is 761. The molecule has 0 unspecified atom stereocenters. The van der Waals surface area contributed by atoms with Gasteiger partial charge in [-0.3, -0.25) is 4.79 Å². The Morgan fingerprint density at radius 3 is 2.62 bits per heavy atom. The van der Waals surface area contributed by atoms with E-state index < -0.39 is 0 Å². The molecule has 0 radical (unpaired) electrons. The van der Waals surface area contributed by atoms with E-state index in [4.69, 9.17) is 16.0 Å². The van der Waals surface area contributed by atoms with Crippen LogP contribution in [0.4, 0.5) is 0 Å². The molecular weight excluding hydrogens is 326 g/mol. The first-order valence-electron chi connectivity index (χ1n) is 8.26. The van der Waals surface area contributed by atoms with Crippen molar-refractivity contribution in [2.75, 3.05) is 0 Å². The van der Waals surface area contributed by atoms with Crippen molar-refractivity contribution in [2.45, 2.75) is 38.3 Å². The smallest absolute Gasteiger partial charge is 0.247 e. The summed E-state index contributed by atoms with van der Waals surface area (Å²) >= 11 is 5.89. The van der Waals surface area contributed by atoms with Crippen LogP contribution in [0.15, 0.2) is 40.8 Å². The van der Waals surface area contributed by atoms with Crippen molar-refractivity contribution in [3.05, 3.63) is 47.3 Å². The van der Waals surface area contributed by atoms with Crippen molar-refractivity contribution in [1.82, 2.24) is 15.1 Å². The van der Waals surface area contributed by atoms with Gasteiger partial charge in [-0.2, -0.15) is 0 Å². The minimum Gasteiger partial charge on any atom is -0.419 e. The van der Waals surface area contributed by atoms with Crippen LogP contribution in [0.25, 0.3) is 11.5 Å². The molecule has 2 fully saturated rings. The van der Waals surface area contributed by atoms with Crippen LogP contribution in [0.5, 0.6) is 0 Å². The average molecular weight is 344 g/mol. The van der Waals surface area contributed by atoms with E-state index in [1.165, 1.54) is 12.8 Å². The second-order valence-corrected chi connectivity index (χ2v) is 6.84. The van der Waals surface area contributed by atoms with Crippen LogP contribution < -0.4 is 0 Å². The fourth-order valence-corrected chi connectivity index (χ4v) is 2.67. The number of hydrogen-bond acceptors (Lipinski definition) is 4. The van der Waals surface area contributed by atoms with Gasteiger partial charge < -0.3 is 9.32 Å². The lowest BCUT2D eigenvalue weighted by atomic mass is 10.2. The predicted molar refractivity (Wildman–Crippen MR) is 90.2 cm³/mol. The number of nitrogens with zero attached hydrogens (tertiary/aromatic N) is 3. The molecule has 124 valence electrons. The van der Waals surface area contributed by atoms with Gasteiger partial charge in [0.2, 0.25) is 17.7 Å². The monoisotopic (exact) mass is 343 g/mol. The highest BCUT2D eigenvalue weighted by atomic mass is 35.5. The minimum absolute atomic E-state index is 0.0376. The molecule has 5 nitrogen and oxygen atoms in total. The molecular formula is C18H18ClN3O2. The first-order chi connectivity index (χ1) is 11.7. The van der Waals surface area contributed by atoms with E-state index >= 15 is 0 Å². The molecule has 0 aliphatic heterocycles. The molecule has 2 saturated carbocycles. The van der Waals surface area contributed by atoms with Gasteiger partial charge in [-0.15, -0.1) is 10.2 Å². The number of carbonyl (C=O) groups excluding carboxylic acids is 1. The van der Waals surface area contributed by atoms with E-state index in [1.54, 1.807) is 18.2 Å². The van der Waals surface area contributed by atoms with E-state index in [1.807, 2.05) is 23.1 Å². The first-order valence-corrected chi connectivity index (χ1v) is 8.64. The van der Waals surface area contributed by atoms with Gasteiger partial charge in [0.15, 0.2) is 0 Å². The minimum atomic E-state index is 0.0376. The van der Waals surface area contributed by atoms with Crippen molar-refractivity contribution in [2.24, 2.45) is 5.92 Å². The van der Waals surface area contributed by atoms with Gasteiger partial charge in [0.25, 0.3) is 0 Å². The van der Waals surface area contributed by atoms with Crippen LogP contribution in [-0.4, -0.2) is 27.0 Å². The lowest BCUT2D eigenvalue weighted by molar-refractivity contribution is -0.127. The topological polar surface area (TPSA) is 59.2 Å². The highest BCUT2D eigenvalue weighted by molar-refractivity contribution is 6.30. The SMILES string of the molecule is O=C(C=CC1CC1)N(Cc1nnc(-c2ccc(Cl)cc2)o1)C1CC1. The number of halogens is 1. The zero-order valence-electron chi connectivity index (χ0n) is 13.2. The highest BCUT2D eigenvalue weighted by Crippen LogP contribution is 2.32. The molecule has 1 amide bonds. The molecule has 4 rings (SSSR count). The first kappa shape index (κ1) is 15.4. The van der Waals surface area contributed by atoms with E-state index in [2.05, 4.69) is 10.2 Å². The third-order valence-electron chi connectivity index (χ3n) is 4.27. The Morgan fingerprint density at radius 2 is 1.96 bits per heavy atom. The van der Waals surface area contributed by atoms with Gasteiger partial charge in [0.1, 0.15) is 0 Å². The Labute approximate surface area is 145 Å². The summed E-state index contributed by atoms with van der Waals surface area (Å²) in [5.74, 6) is 1.53. The van der Waals surface area contributed by atoms with Gasteiger partial charge in [0, 0.05) is 16.6 Å². The van der Waals surface area contributed by atoms with Gasteiger partial charge in [0.05, 0.1) is 6.54 Å². The number of aromatic nitrogens is 2. The van der Waals surface area contributed by atoms with Crippen LogP contribution in [0.2, 0.25) is 5.02 Å². The molecule has 0 spiro atoms. The summed E-state index contributed by atoms with van der Waals surface area (Å²) in [6.07, 6.45) is 8.20. The molecule has 2 aliphatic carbocycles. The number of hydrogen-bond donors (Lipinski definition) is 0. The fraction of sp³-hybridized carbons (Fsp3) is 0.389. The third kappa shape index (κ3) is 3.67. The number of carbonyl (C=O) groups is 1. The van der Waals surface area contributed by atoms with Gasteiger partial charge in [-0.25, -0.2) is 0 Å². The summed E-state index contributed by atoms with van der Waals surface area (Å²) in [7, 11) is 0. The lowest BCUT2D eigenvalue weighted by Crippen LogP contribution is -2.31. The Kier molecular flexibility index (Phi) is 4.10. The van der Waals surface area contributed by atoms with E-state index in [9.17, 15) is 4.79 Å². The highest BCUT2D eigenvalue weighted by Gasteiger charge is 2.33. The molecule has 2 aromatic rings. The molecule has 1 aromatic heterocycles. The van der Waals surface area contributed by atoms with Crippen molar-refractivity contribution < 1.29 is 9.21 Å². The standard InChI is InChI=1S/C18H18ClN3O2/c19-14-6-4-13(5-7-14)18-21-20-16(24-18)11-22(15-8-9-15)17(23)10-3-12-1-2-12/h3-7,10,12,15H,1-2,8-9,11H2. The quantitative estimate of drug-likeness (QED) is 0.747. The predicted octanol–water partition coefficient (Wildman–Crippen LogP) is 3.85. The second-order valence-electron chi connectivity index (χ2n) is 6.40. The Hall–Kier alpha value is -2.14. The Morgan fingerprint density at radius 1 is 1.21 bits per heavy atom. The summed E-state index contributed by atoms with van der Waals surface area (Å²) in [6, 6.07) is 7.53. The second kappa shape index (κ2) is 6.40. The summed E-state index contributed by atoms with van der Waals surface area (Å²) in [5, 5.41) is 8.82. The van der Waals surface area contributed by atoms with Crippen LogP contribution in [0, 0.1) is 5.92 Å². The van der Waals surface area contributed by atoms with Crippen LogP contribution in [0.3, 0.4) is 0 Å². The summed E-state index contributed by atoms with van der Waals surface area (Å²) < 4.78 is 5.72. The average Bonchev–Trinajstić information content (AvgIpc) is 3.51. The number of amides is 1. The maximum Gasteiger partial charge on any atom is 0.247 e. The van der Waals surface area contributed by atoms with Crippen molar-refractivity contribution >= 4 is 17.5 Å². The number of rotatable bonds is 6. The van der Waals surface area contributed by atoms with E-state index in [0.29, 0.717) is 35.3 Å². The van der Waals surface area contributed by atoms with Crippen molar-refractivity contribution in [3.8, 4) is 11.5 Å². The molecule has 1 aromatic carbocycles. The maximum absolute atomic E-state index is 12.4. The molecule has 0 atom stereocenters.